The van der Waals surface area contributed by atoms with Gasteiger partial charge in [0.2, 0.25) is 5.91 Å². The van der Waals surface area contributed by atoms with Crippen molar-refractivity contribution in [2.75, 3.05) is 17.2 Å². The third kappa shape index (κ3) is 5.85. The monoisotopic (exact) mass is 628 g/mol. The number of thiophene rings is 1. The second-order valence-electron chi connectivity index (χ2n) is 10.7. The smallest absolute Gasteiger partial charge is 0.294 e. The van der Waals surface area contributed by atoms with E-state index in [-0.39, 0.29) is 16.5 Å². The maximum atomic E-state index is 13.7. The first-order valence-corrected chi connectivity index (χ1v) is 15.8. The van der Waals surface area contributed by atoms with E-state index in [4.69, 9.17) is 0 Å². The summed E-state index contributed by atoms with van der Waals surface area (Å²) in [5.74, 6) is -1.85. The number of halogens is 1. The Bertz CT molecular complexity index is 1840. The summed E-state index contributed by atoms with van der Waals surface area (Å²) >= 11 is 2.39. The molecule has 3 heterocycles. The van der Waals surface area contributed by atoms with Crippen LogP contribution in [0.1, 0.15) is 50.6 Å². The van der Waals surface area contributed by atoms with E-state index in [2.05, 4.69) is 10.6 Å². The molecule has 8 nitrogen and oxygen atoms in total. The molecule has 0 atom stereocenters. The first-order chi connectivity index (χ1) is 21.2. The van der Waals surface area contributed by atoms with Gasteiger partial charge >= 0.3 is 0 Å². The van der Waals surface area contributed by atoms with E-state index in [1.165, 1.54) is 23.1 Å². The number of rotatable bonds is 7. The number of thioether (sulfide) groups is 1. The van der Waals surface area contributed by atoms with Gasteiger partial charge in [-0.25, -0.2) is 4.39 Å². The van der Waals surface area contributed by atoms with Crippen molar-refractivity contribution in [1.29, 1.82) is 0 Å². The van der Waals surface area contributed by atoms with Crippen LogP contribution in [0.2, 0.25) is 0 Å². The molecule has 6 rings (SSSR count). The summed E-state index contributed by atoms with van der Waals surface area (Å²) in [6.45, 7) is 3.38. The van der Waals surface area contributed by atoms with Crippen molar-refractivity contribution in [3.8, 4) is 5.00 Å². The molecule has 1 saturated heterocycles. The van der Waals surface area contributed by atoms with Crippen LogP contribution in [0.15, 0.2) is 65.6 Å². The second kappa shape index (κ2) is 12.3. The van der Waals surface area contributed by atoms with Crippen LogP contribution in [0.25, 0.3) is 11.1 Å². The predicted molar refractivity (Wildman–Crippen MR) is 172 cm³/mol. The molecular weight excluding hydrogens is 600 g/mol. The highest BCUT2D eigenvalue weighted by Gasteiger charge is 2.37. The van der Waals surface area contributed by atoms with E-state index in [0.717, 1.165) is 81.6 Å². The molecule has 11 heteroatoms. The normalized spacial score (nSPS) is 15.5. The fraction of sp³-hybridized carbons (Fsp3) is 0.212. The molecule has 4 aromatic rings. The van der Waals surface area contributed by atoms with Crippen molar-refractivity contribution in [2.45, 2.75) is 39.5 Å². The third-order valence-electron chi connectivity index (χ3n) is 7.66. The van der Waals surface area contributed by atoms with Crippen molar-refractivity contribution >= 4 is 63.5 Å². The largest absolute Gasteiger partial charge is 0.324 e. The lowest BCUT2D eigenvalue weighted by Gasteiger charge is -2.14. The van der Waals surface area contributed by atoms with Crippen LogP contribution in [-0.2, 0) is 22.4 Å². The lowest BCUT2D eigenvalue weighted by atomic mass is 9.95. The highest BCUT2D eigenvalue weighted by atomic mass is 32.2. The van der Waals surface area contributed by atoms with E-state index >= 15 is 0 Å². The van der Waals surface area contributed by atoms with E-state index in [9.17, 15) is 23.6 Å². The summed E-state index contributed by atoms with van der Waals surface area (Å²) in [6, 6.07) is 16.7. The Morgan fingerprint density at radius 1 is 0.955 bits per heavy atom. The number of hydrogen-bond acceptors (Lipinski definition) is 6. The Hall–Kier alpha value is -4.48. The van der Waals surface area contributed by atoms with Gasteiger partial charge in [-0.15, -0.1) is 11.3 Å². The Morgan fingerprint density at radius 3 is 2.48 bits per heavy atom. The van der Waals surface area contributed by atoms with E-state index in [1.54, 1.807) is 17.4 Å². The fourth-order valence-corrected chi connectivity index (χ4v) is 7.92. The lowest BCUT2D eigenvalue weighted by Crippen LogP contribution is -2.36. The molecule has 224 valence electrons. The topological polar surface area (TPSA) is 101 Å². The Kier molecular flexibility index (Phi) is 8.24. The number of hydrogen-bond donors (Lipinski definition) is 2. The van der Waals surface area contributed by atoms with Crippen LogP contribution in [0.4, 0.5) is 20.6 Å². The molecule has 2 N–H and O–H groups in total. The van der Waals surface area contributed by atoms with Crippen LogP contribution in [0, 0.1) is 19.7 Å². The van der Waals surface area contributed by atoms with Crippen LogP contribution in [-0.4, -0.2) is 39.0 Å². The molecule has 0 spiro atoms. The van der Waals surface area contributed by atoms with Crippen molar-refractivity contribution in [2.24, 2.45) is 0 Å². The minimum atomic E-state index is -0.611. The maximum Gasteiger partial charge on any atom is 0.294 e. The first kappa shape index (κ1) is 29.6. The Balaban J connectivity index is 1.28. The second-order valence-corrected chi connectivity index (χ2v) is 12.8. The van der Waals surface area contributed by atoms with Crippen LogP contribution >= 0.6 is 23.1 Å². The zero-order valence-corrected chi connectivity index (χ0v) is 25.7. The number of imide groups is 1. The van der Waals surface area contributed by atoms with Crippen molar-refractivity contribution in [3.05, 3.63) is 104 Å². The molecule has 2 aliphatic rings. The standard InChI is InChI=1S/C33H29FN4O4S2/c1-19-15-21(16-27-31(41)37(33(42)44-27)18-28(39)35-24-12-8-9-22(34)17-24)20(2)38(19)32-29(25-13-6-7-14-26(25)43-32)30(40)36-23-10-4-3-5-11-23/h3-5,8-12,15-17H,6-7,13-14,18H2,1-2H3,(H,35,39)(H,36,40)/b27-16+. The number of benzene rings is 2. The molecule has 4 amide bonds. The first-order valence-electron chi connectivity index (χ1n) is 14.2. The van der Waals surface area contributed by atoms with Gasteiger partial charge in [0.15, 0.2) is 0 Å². The molecule has 2 aromatic carbocycles. The number of aryl methyl sites for hydroxylation is 2. The maximum absolute atomic E-state index is 13.7. The van der Waals surface area contributed by atoms with Gasteiger partial charge in [0.25, 0.3) is 17.1 Å². The molecule has 0 unspecified atom stereocenters. The van der Waals surface area contributed by atoms with Gasteiger partial charge in [-0.1, -0.05) is 24.3 Å². The molecule has 0 saturated carbocycles. The molecule has 2 aromatic heterocycles. The van der Waals surface area contributed by atoms with Crippen molar-refractivity contribution in [1.82, 2.24) is 9.47 Å². The lowest BCUT2D eigenvalue weighted by molar-refractivity contribution is -0.127. The van der Waals surface area contributed by atoms with Gasteiger partial charge in [-0.2, -0.15) is 0 Å². The summed E-state index contributed by atoms with van der Waals surface area (Å²) in [6.07, 6.45) is 5.54. The van der Waals surface area contributed by atoms with Crippen LogP contribution in [0.3, 0.4) is 0 Å². The fourth-order valence-electron chi connectivity index (χ4n) is 5.59. The molecule has 1 fully saturated rings. The van der Waals surface area contributed by atoms with Gasteiger partial charge in [-0.05, 0) is 105 Å². The van der Waals surface area contributed by atoms with Gasteiger partial charge < -0.3 is 15.2 Å². The van der Waals surface area contributed by atoms with E-state index < -0.39 is 29.4 Å². The molecule has 0 bridgehead atoms. The molecule has 1 aliphatic carbocycles. The zero-order chi connectivity index (χ0) is 31.0. The average Bonchev–Trinajstić information content (AvgIpc) is 3.59. The highest BCUT2D eigenvalue weighted by Crippen LogP contribution is 2.40. The number of anilines is 2. The predicted octanol–water partition coefficient (Wildman–Crippen LogP) is 7.10. The van der Waals surface area contributed by atoms with Gasteiger partial charge in [0.05, 0.1) is 10.5 Å². The minimum absolute atomic E-state index is 0.155. The van der Waals surface area contributed by atoms with Crippen LogP contribution < -0.4 is 10.6 Å². The van der Waals surface area contributed by atoms with Crippen molar-refractivity contribution in [3.63, 3.8) is 0 Å². The summed E-state index contributed by atoms with van der Waals surface area (Å²) in [7, 11) is 0. The molecular formula is C33H29FN4O4S2. The number of nitrogens with zero attached hydrogens (tertiary/aromatic N) is 2. The summed E-state index contributed by atoms with van der Waals surface area (Å²) in [5, 5.41) is 5.85. The Labute approximate surface area is 261 Å². The summed E-state index contributed by atoms with van der Waals surface area (Å²) < 4.78 is 15.5. The molecule has 44 heavy (non-hydrogen) atoms. The molecule has 1 aliphatic heterocycles. The molecule has 0 radical (unpaired) electrons. The third-order valence-corrected chi connectivity index (χ3v) is 9.84. The average molecular weight is 629 g/mol. The van der Waals surface area contributed by atoms with Gasteiger partial charge in [0.1, 0.15) is 17.4 Å². The summed E-state index contributed by atoms with van der Waals surface area (Å²) in [4.78, 5) is 54.5. The highest BCUT2D eigenvalue weighted by molar-refractivity contribution is 8.18. The van der Waals surface area contributed by atoms with Gasteiger partial charge in [-0.3, -0.25) is 24.1 Å². The number of amides is 4. The number of carbonyl (C=O) groups excluding carboxylic acids is 4. The number of fused-ring (bicyclic) bond motifs is 1. The SMILES string of the molecule is Cc1cc(/C=C2/SC(=O)N(CC(=O)Nc3cccc(F)c3)C2=O)c(C)n1-c1sc2c(c1C(=O)Nc1ccccc1)CCCC2. The Morgan fingerprint density at radius 2 is 1.70 bits per heavy atom. The summed E-state index contributed by atoms with van der Waals surface area (Å²) in [5.41, 5.74) is 5.17. The van der Waals surface area contributed by atoms with Crippen molar-refractivity contribution < 1.29 is 23.6 Å². The van der Waals surface area contributed by atoms with Gasteiger partial charge in [0, 0.05) is 27.6 Å². The van der Waals surface area contributed by atoms with Crippen LogP contribution in [0.5, 0.6) is 0 Å². The minimum Gasteiger partial charge on any atom is -0.324 e. The van der Waals surface area contributed by atoms with E-state index in [1.807, 2.05) is 54.8 Å². The number of aromatic nitrogens is 1. The van der Waals surface area contributed by atoms with E-state index in [0.29, 0.717) is 5.56 Å². The quantitative estimate of drug-likeness (QED) is 0.213. The number of para-hydroxylation sites is 1. The number of carbonyl (C=O) groups is 4. The number of nitrogens with one attached hydrogen (secondary N) is 2. The zero-order valence-electron chi connectivity index (χ0n) is 24.1.